The molecule has 1 saturated heterocycles. The lowest BCUT2D eigenvalue weighted by atomic mass is 10.1. The normalized spacial score (nSPS) is 41.3. The summed E-state index contributed by atoms with van der Waals surface area (Å²) in [5.41, 5.74) is -0.362. The van der Waals surface area contributed by atoms with E-state index in [9.17, 15) is 0 Å². The lowest BCUT2D eigenvalue weighted by Gasteiger charge is -2.15. The maximum Gasteiger partial charge on any atom is 0.181 e. The monoisotopic (exact) mass is 132 g/mol. The van der Waals surface area contributed by atoms with E-state index in [0.717, 1.165) is 0 Å². The number of rotatable bonds is 0. The topological polar surface area (TPSA) is 49.7 Å². The fourth-order valence-electron chi connectivity index (χ4n) is 1.06. The largest absolute Gasteiger partial charge is 0.388 e. The summed E-state index contributed by atoms with van der Waals surface area (Å²) in [6, 6.07) is 0. The first-order valence-electron chi connectivity index (χ1n) is 3.05. The molecule has 0 aromatic rings. The first kappa shape index (κ1) is 6.99. The van der Waals surface area contributed by atoms with Crippen molar-refractivity contribution in [3.05, 3.63) is 0 Å². The molecule has 0 amide bonds. The molecule has 1 aliphatic rings. The molecule has 0 aliphatic carbocycles. The average Bonchev–Trinajstić information content (AvgIpc) is 1.79. The van der Waals surface area contributed by atoms with Gasteiger partial charge in [0.25, 0.3) is 0 Å². The SMILES string of the molecule is CC1(C)CC(O)C(O)O1. The smallest absolute Gasteiger partial charge is 0.181 e. The Labute approximate surface area is 54.3 Å². The molecular formula is C6H12O3. The Morgan fingerprint density at radius 1 is 1.44 bits per heavy atom. The zero-order valence-corrected chi connectivity index (χ0v) is 5.66. The van der Waals surface area contributed by atoms with Crippen LogP contribution in [0.3, 0.4) is 0 Å². The number of hydrogen-bond donors (Lipinski definition) is 2. The van der Waals surface area contributed by atoms with Crippen LogP contribution in [-0.4, -0.2) is 28.2 Å². The van der Waals surface area contributed by atoms with E-state index in [2.05, 4.69) is 0 Å². The minimum Gasteiger partial charge on any atom is -0.388 e. The molecule has 2 unspecified atom stereocenters. The van der Waals surface area contributed by atoms with Crippen LogP contribution < -0.4 is 0 Å². The molecule has 0 bridgehead atoms. The van der Waals surface area contributed by atoms with Gasteiger partial charge in [0.2, 0.25) is 0 Å². The fourth-order valence-corrected chi connectivity index (χ4v) is 1.06. The Bertz CT molecular complexity index is 98.9. The first-order valence-corrected chi connectivity index (χ1v) is 3.05. The van der Waals surface area contributed by atoms with E-state index in [-0.39, 0.29) is 5.60 Å². The number of hydrogen-bond acceptors (Lipinski definition) is 3. The molecule has 2 N–H and O–H groups in total. The third-order valence-electron chi connectivity index (χ3n) is 1.47. The second kappa shape index (κ2) is 1.94. The van der Waals surface area contributed by atoms with Gasteiger partial charge < -0.3 is 14.9 Å². The molecule has 1 rings (SSSR count). The summed E-state index contributed by atoms with van der Waals surface area (Å²) in [6.45, 7) is 3.68. The second-order valence-electron chi connectivity index (χ2n) is 3.04. The predicted molar refractivity (Wildman–Crippen MR) is 31.8 cm³/mol. The molecule has 54 valence electrons. The Kier molecular flexibility index (Phi) is 1.50. The van der Waals surface area contributed by atoms with Crippen LogP contribution in [0.2, 0.25) is 0 Å². The summed E-state index contributed by atoms with van der Waals surface area (Å²) in [4.78, 5) is 0. The van der Waals surface area contributed by atoms with Crippen molar-refractivity contribution < 1.29 is 14.9 Å². The molecule has 0 radical (unpaired) electrons. The van der Waals surface area contributed by atoms with Crippen molar-refractivity contribution >= 4 is 0 Å². The fraction of sp³-hybridized carbons (Fsp3) is 1.00. The van der Waals surface area contributed by atoms with E-state index in [0.29, 0.717) is 6.42 Å². The summed E-state index contributed by atoms with van der Waals surface area (Å²) in [6.07, 6.45) is -1.19. The molecule has 1 fully saturated rings. The van der Waals surface area contributed by atoms with Crippen molar-refractivity contribution in [2.45, 2.75) is 38.3 Å². The summed E-state index contributed by atoms with van der Waals surface area (Å²) in [7, 11) is 0. The Hall–Kier alpha value is -0.120. The molecule has 9 heavy (non-hydrogen) atoms. The van der Waals surface area contributed by atoms with Gasteiger partial charge >= 0.3 is 0 Å². The van der Waals surface area contributed by atoms with Gasteiger partial charge in [-0.25, -0.2) is 0 Å². The van der Waals surface area contributed by atoms with Gasteiger partial charge in [0.05, 0.1) is 5.60 Å². The molecule has 0 saturated carbocycles. The van der Waals surface area contributed by atoms with Gasteiger partial charge in [-0.05, 0) is 13.8 Å². The quantitative estimate of drug-likeness (QED) is 0.482. The highest BCUT2D eigenvalue weighted by molar-refractivity contribution is 4.82. The van der Waals surface area contributed by atoms with Gasteiger partial charge in [-0.15, -0.1) is 0 Å². The van der Waals surface area contributed by atoms with Gasteiger partial charge in [0.15, 0.2) is 6.29 Å². The highest BCUT2D eigenvalue weighted by Crippen LogP contribution is 2.27. The third kappa shape index (κ3) is 1.41. The zero-order valence-electron chi connectivity index (χ0n) is 5.66. The third-order valence-corrected chi connectivity index (χ3v) is 1.47. The van der Waals surface area contributed by atoms with Crippen molar-refractivity contribution in [2.75, 3.05) is 0 Å². The molecular weight excluding hydrogens is 120 g/mol. The lowest BCUT2D eigenvalue weighted by molar-refractivity contribution is -0.148. The van der Waals surface area contributed by atoms with Crippen molar-refractivity contribution in [1.82, 2.24) is 0 Å². The van der Waals surface area contributed by atoms with Crippen molar-refractivity contribution in [2.24, 2.45) is 0 Å². The summed E-state index contributed by atoms with van der Waals surface area (Å²) in [5.74, 6) is 0. The Morgan fingerprint density at radius 3 is 2.11 bits per heavy atom. The van der Waals surface area contributed by atoms with Gasteiger partial charge in [-0.3, -0.25) is 0 Å². The first-order chi connectivity index (χ1) is 4.01. The van der Waals surface area contributed by atoms with E-state index in [1.54, 1.807) is 0 Å². The van der Waals surface area contributed by atoms with E-state index >= 15 is 0 Å². The van der Waals surface area contributed by atoms with Crippen LogP contribution in [0.1, 0.15) is 20.3 Å². The minimum atomic E-state index is -0.986. The van der Waals surface area contributed by atoms with Gasteiger partial charge in [-0.1, -0.05) is 0 Å². The van der Waals surface area contributed by atoms with Gasteiger partial charge in [0.1, 0.15) is 6.10 Å². The molecule has 0 aromatic carbocycles. The van der Waals surface area contributed by atoms with Crippen LogP contribution in [0, 0.1) is 0 Å². The predicted octanol–water partition coefficient (Wildman–Crippen LogP) is -0.135. The van der Waals surface area contributed by atoms with E-state index in [4.69, 9.17) is 14.9 Å². The molecule has 2 atom stereocenters. The van der Waals surface area contributed by atoms with Crippen molar-refractivity contribution in [3.8, 4) is 0 Å². The van der Waals surface area contributed by atoms with Crippen LogP contribution >= 0.6 is 0 Å². The van der Waals surface area contributed by atoms with Crippen molar-refractivity contribution in [1.29, 1.82) is 0 Å². The number of aliphatic hydroxyl groups is 2. The number of aliphatic hydroxyl groups excluding tert-OH is 2. The molecule has 1 aliphatic heterocycles. The Morgan fingerprint density at radius 2 is 2.00 bits per heavy atom. The standard InChI is InChI=1S/C6H12O3/c1-6(2)3-4(7)5(8)9-6/h4-5,7-8H,3H2,1-2H3. The molecule has 3 nitrogen and oxygen atoms in total. The van der Waals surface area contributed by atoms with E-state index < -0.39 is 12.4 Å². The maximum absolute atomic E-state index is 8.96. The second-order valence-corrected chi connectivity index (χ2v) is 3.04. The van der Waals surface area contributed by atoms with Gasteiger partial charge in [0, 0.05) is 6.42 Å². The molecule has 1 heterocycles. The van der Waals surface area contributed by atoms with E-state index in [1.165, 1.54) is 0 Å². The van der Waals surface area contributed by atoms with Crippen LogP contribution in [0.4, 0.5) is 0 Å². The van der Waals surface area contributed by atoms with Gasteiger partial charge in [-0.2, -0.15) is 0 Å². The average molecular weight is 132 g/mol. The zero-order chi connectivity index (χ0) is 7.07. The molecule has 0 spiro atoms. The Balaban J connectivity index is 2.54. The number of ether oxygens (including phenoxy) is 1. The van der Waals surface area contributed by atoms with Crippen LogP contribution in [0.5, 0.6) is 0 Å². The van der Waals surface area contributed by atoms with Crippen LogP contribution in [-0.2, 0) is 4.74 Å². The van der Waals surface area contributed by atoms with E-state index in [1.807, 2.05) is 13.8 Å². The summed E-state index contributed by atoms with van der Waals surface area (Å²) >= 11 is 0. The molecule has 3 heteroatoms. The highest BCUT2D eigenvalue weighted by atomic mass is 16.6. The van der Waals surface area contributed by atoms with Crippen LogP contribution in [0.15, 0.2) is 0 Å². The van der Waals surface area contributed by atoms with Crippen LogP contribution in [0.25, 0.3) is 0 Å². The highest BCUT2D eigenvalue weighted by Gasteiger charge is 2.37. The lowest BCUT2D eigenvalue weighted by Crippen LogP contribution is -2.20. The van der Waals surface area contributed by atoms with Crippen molar-refractivity contribution in [3.63, 3.8) is 0 Å². The minimum absolute atomic E-state index is 0.362. The summed E-state index contributed by atoms with van der Waals surface area (Å²) < 4.78 is 4.97. The molecule has 0 aromatic heterocycles. The summed E-state index contributed by atoms with van der Waals surface area (Å²) in [5, 5.41) is 17.8. The maximum atomic E-state index is 8.96.